The molecule has 140 valence electrons. The van der Waals surface area contributed by atoms with Gasteiger partial charge < -0.3 is 14.8 Å². The fraction of sp³-hybridized carbons (Fsp3) is 0.278. The molecule has 0 atom stereocenters. The third-order valence-electron chi connectivity index (χ3n) is 3.24. The first kappa shape index (κ1) is 20.1. The van der Waals surface area contributed by atoms with Crippen molar-refractivity contribution < 1.29 is 27.4 Å². The van der Waals surface area contributed by atoms with Crippen LogP contribution in [0.1, 0.15) is 11.1 Å². The van der Waals surface area contributed by atoms with Crippen LogP contribution in [0.4, 0.5) is 13.2 Å². The Labute approximate surface area is 153 Å². The van der Waals surface area contributed by atoms with Crippen molar-refractivity contribution >= 4 is 17.5 Å². The molecular weight excluding hydrogens is 371 g/mol. The van der Waals surface area contributed by atoms with Crippen LogP contribution in [0.5, 0.6) is 5.75 Å². The molecule has 0 aromatic heterocycles. The Morgan fingerprint density at radius 2 is 1.69 bits per heavy atom. The molecule has 0 saturated heterocycles. The number of hydrogen-bond acceptors (Lipinski definition) is 3. The van der Waals surface area contributed by atoms with Crippen LogP contribution >= 0.6 is 11.6 Å². The Morgan fingerprint density at radius 1 is 1.04 bits per heavy atom. The van der Waals surface area contributed by atoms with Gasteiger partial charge in [-0.05, 0) is 23.3 Å². The number of rotatable bonds is 8. The number of para-hydroxylation sites is 1. The standard InChI is InChI=1S/C18H17ClF3NO3/c19-15-3-1-2-4-16(15)26-11-17(24)23-9-13-5-7-14(8-6-13)10-25-12-18(20,21)22/h1-8H,9-12H2,(H,23,24). The Hall–Kier alpha value is -2.25. The van der Waals surface area contributed by atoms with Crippen LogP contribution in [-0.2, 0) is 22.7 Å². The molecule has 2 aromatic rings. The maximum atomic E-state index is 12.0. The molecule has 0 aliphatic carbocycles. The number of benzene rings is 2. The molecule has 0 heterocycles. The van der Waals surface area contributed by atoms with E-state index in [9.17, 15) is 18.0 Å². The molecule has 4 nitrogen and oxygen atoms in total. The summed E-state index contributed by atoms with van der Waals surface area (Å²) in [6.45, 7) is -1.31. The van der Waals surface area contributed by atoms with Gasteiger partial charge in [-0.15, -0.1) is 0 Å². The first-order chi connectivity index (χ1) is 12.3. The zero-order valence-electron chi connectivity index (χ0n) is 13.7. The summed E-state index contributed by atoms with van der Waals surface area (Å²) in [5, 5.41) is 3.10. The predicted molar refractivity (Wildman–Crippen MR) is 90.9 cm³/mol. The Kier molecular flexibility index (Phi) is 7.29. The number of alkyl halides is 3. The molecule has 0 saturated carbocycles. The predicted octanol–water partition coefficient (Wildman–Crippen LogP) is 4.11. The van der Waals surface area contributed by atoms with Crippen molar-refractivity contribution in [1.29, 1.82) is 0 Å². The van der Waals surface area contributed by atoms with Crippen molar-refractivity contribution in [2.75, 3.05) is 13.2 Å². The van der Waals surface area contributed by atoms with Crippen LogP contribution in [0.25, 0.3) is 0 Å². The minimum absolute atomic E-state index is 0.127. The lowest BCUT2D eigenvalue weighted by molar-refractivity contribution is -0.176. The molecule has 8 heteroatoms. The smallest absolute Gasteiger partial charge is 0.411 e. The van der Waals surface area contributed by atoms with Crippen LogP contribution < -0.4 is 10.1 Å². The van der Waals surface area contributed by atoms with Gasteiger partial charge in [0.25, 0.3) is 5.91 Å². The maximum absolute atomic E-state index is 12.0. The lowest BCUT2D eigenvalue weighted by atomic mass is 10.1. The highest BCUT2D eigenvalue weighted by Gasteiger charge is 2.27. The second-order valence-corrected chi connectivity index (χ2v) is 5.83. The first-order valence-corrected chi connectivity index (χ1v) is 8.07. The van der Waals surface area contributed by atoms with Crippen molar-refractivity contribution in [1.82, 2.24) is 5.32 Å². The first-order valence-electron chi connectivity index (χ1n) is 7.70. The molecule has 2 rings (SSSR count). The molecule has 0 bridgehead atoms. The van der Waals surface area contributed by atoms with E-state index in [1.54, 1.807) is 48.5 Å². The van der Waals surface area contributed by atoms with Gasteiger partial charge in [0.1, 0.15) is 12.4 Å². The van der Waals surface area contributed by atoms with Crippen LogP contribution in [0, 0.1) is 0 Å². The average Bonchev–Trinajstić information content (AvgIpc) is 2.59. The van der Waals surface area contributed by atoms with Crippen molar-refractivity contribution in [2.45, 2.75) is 19.3 Å². The Morgan fingerprint density at radius 3 is 2.35 bits per heavy atom. The van der Waals surface area contributed by atoms with Crippen molar-refractivity contribution in [3.8, 4) is 5.75 Å². The maximum Gasteiger partial charge on any atom is 0.411 e. The summed E-state index contributed by atoms with van der Waals surface area (Å²) in [7, 11) is 0. The van der Waals surface area contributed by atoms with Crippen LogP contribution in [0.15, 0.2) is 48.5 Å². The molecule has 2 aromatic carbocycles. The van der Waals surface area contributed by atoms with E-state index in [2.05, 4.69) is 10.1 Å². The third kappa shape index (κ3) is 7.33. The summed E-state index contributed by atoms with van der Waals surface area (Å²) in [6.07, 6.45) is -4.34. The number of ether oxygens (including phenoxy) is 2. The number of nitrogens with one attached hydrogen (secondary N) is 1. The zero-order chi connectivity index (χ0) is 19.0. The van der Waals surface area contributed by atoms with E-state index in [-0.39, 0.29) is 25.7 Å². The highest BCUT2D eigenvalue weighted by Crippen LogP contribution is 2.22. The second-order valence-electron chi connectivity index (χ2n) is 5.42. The summed E-state index contributed by atoms with van der Waals surface area (Å²) >= 11 is 5.93. The largest absolute Gasteiger partial charge is 0.482 e. The number of carbonyl (C=O) groups excluding carboxylic acids is 1. The van der Waals surface area contributed by atoms with E-state index in [1.807, 2.05) is 0 Å². The zero-order valence-corrected chi connectivity index (χ0v) is 14.4. The molecule has 26 heavy (non-hydrogen) atoms. The van der Waals surface area contributed by atoms with Gasteiger partial charge in [0.2, 0.25) is 0 Å². The molecule has 0 radical (unpaired) electrons. The highest BCUT2D eigenvalue weighted by atomic mass is 35.5. The molecule has 0 spiro atoms. The Bertz CT molecular complexity index is 720. The van der Waals surface area contributed by atoms with E-state index < -0.39 is 12.8 Å². The van der Waals surface area contributed by atoms with Gasteiger partial charge in [0.05, 0.1) is 11.6 Å². The molecule has 0 aliphatic rings. The van der Waals surface area contributed by atoms with Gasteiger partial charge in [-0.3, -0.25) is 4.79 Å². The van der Waals surface area contributed by atoms with Crippen LogP contribution in [-0.4, -0.2) is 25.3 Å². The van der Waals surface area contributed by atoms with E-state index >= 15 is 0 Å². The number of halogens is 4. The van der Waals surface area contributed by atoms with Crippen molar-refractivity contribution in [2.24, 2.45) is 0 Å². The van der Waals surface area contributed by atoms with Gasteiger partial charge in [-0.1, -0.05) is 48.0 Å². The highest BCUT2D eigenvalue weighted by molar-refractivity contribution is 6.32. The molecular formula is C18H17ClF3NO3. The number of amides is 1. The van der Waals surface area contributed by atoms with Gasteiger partial charge in [-0.25, -0.2) is 0 Å². The van der Waals surface area contributed by atoms with Gasteiger partial charge in [-0.2, -0.15) is 13.2 Å². The van der Waals surface area contributed by atoms with E-state index in [1.165, 1.54) is 0 Å². The van der Waals surface area contributed by atoms with Crippen LogP contribution in [0.2, 0.25) is 5.02 Å². The van der Waals surface area contributed by atoms with Gasteiger partial charge >= 0.3 is 6.18 Å². The normalized spacial score (nSPS) is 11.2. The lowest BCUT2D eigenvalue weighted by Gasteiger charge is -2.10. The second kappa shape index (κ2) is 9.45. The summed E-state index contributed by atoms with van der Waals surface area (Å²) < 4.78 is 45.9. The third-order valence-corrected chi connectivity index (χ3v) is 3.55. The number of hydrogen-bond donors (Lipinski definition) is 1. The molecule has 0 fully saturated rings. The average molecular weight is 388 g/mol. The molecule has 0 aliphatic heterocycles. The SMILES string of the molecule is O=C(COc1ccccc1Cl)NCc1ccc(COCC(F)(F)F)cc1. The van der Waals surface area contributed by atoms with Gasteiger partial charge in [0, 0.05) is 6.54 Å². The minimum Gasteiger partial charge on any atom is -0.482 e. The van der Waals surface area contributed by atoms with Crippen molar-refractivity contribution in [3.05, 3.63) is 64.7 Å². The molecule has 1 N–H and O–H groups in total. The van der Waals surface area contributed by atoms with Crippen LogP contribution in [0.3, 0.4) is 0 Å². The van der Waals surface area contributed by atoms with E-state index in [0.717, 1.165) is 5.56 Å². The van der Waals surface area contributed by atoms with Crippen molar-refractivity contribution in [3.63, 3.8) is 0 Å². The summed E-state index contributed by atoms with van der Waals surface area (Å²) in [5.41, 5.74) is 1.42. The quantitative estimate of drug-likeness (QED) is 0.741. The minimum atomic E-state index is -4.34. The topological polar surface area (TPSA) is 47.6 Å². The molecule has 0 unspecified atom stereocenters. The summed E-state index contributed by atoms with van der Waals surface area (Å²) in [5.74, 6) is 0.107. The van der Waals surface area contributed by atoms with E-state index in [4.69, 9.17) is 16.3 Å². The molecule has 1 amide bonds. The summed E-state index contributed by atoms with van der Waals surface area (Å²) in [6, 6.07) is 13.6. The van der Waals surface area contributed by atoms with Gasteiger partial charge in [0.15, 0.2) is 6.61 Å². The fourth-order valence-corrected chi connectivity index (χ4v) is 2.19. The monoisotopic (exact) mass is 387 g/mol. The summed E-state index contributed by atoms with van der Waals surface area (Å²) in [4.78, 5) is 11.8. The fourth-order valence-electron chi connectivity index (χ4n) is 1.99. The number of carbonyl (C=O) groups is 1. The van der Waals surface area contributed by atoms with E-state index in [0.29, 0.717) is 16.3 Å². The lowest BCUT2D eigenvalue weighted by Crippen LogP contribution is -2.28. The Balaban J connectivity index is 1.72.